The van der Waals surface area contributed by atoms with Crippen LogP contribution in [0.15, 0.2) is 41.1 Å². The summed E-state index contributed by atoms with van der Waals surface area (Å²) in [6, 6.07) is 9.13. The van der Waals surface area contributed by atoms with Crippen LogP contribution in [0.4, 0.5) is 4.79 Å². The van der Waals surface area contributed by atoms with Gasteiger partial charge in [-0.05, 0) is 87.3 Å². The van der Waals surface area contributed by atoms with Crippen molar-refractivity contribution >= 4 is 17.4 Å². The van der Waals surface area contributed by atoms with Gasteiger partial charge in [0.15, 0.2) is 0 Å². The average molecular weight is 378 g/mol. The average Bonchev–Trinajstić information content (AvgIpc) is 3.05. The van der Waals surface area contributed by atoms with Crippen LogP contribution in [-0.2, 0) is 12.8 Å². The van der Waals surface area contributed by atoms with Gasteiger partial charge in [0.05, 0.1) is 0 Å². The standard InChI is InChI=1S/C18H24N2O2S.C2H7N/c1-18(2,12-15-9-11-23-13-15)20-17(22)19-10-3-4-14-5-7-16(21)8-6-14;1-3-2/h5-9,11,13,21H,3-4,10,12H2,1-2H3,(H2,19,20,22);3H,1-2H3. The summed E-state index contributed by atoms with van der Waals surface area (Å²) in [5, 5.41) is 22.1. The number of aryl methyl sites for hydroxylation is 1. The molecule has 2 aromatic rings. The normalized spacial score (nSPS) is 10.6. The highest BCUT2D eigenvalue weighted by molar-refractivity contribution is 7.07. The summed E-state index contributed by atoms with van der Waals surface area (Å²) in [4.78, 5) is 12.0. The van der Waals surface area contributed by atoms with Gasteiger partial charge in [-0.2, -0.15) is 11.3 Å². The van der Waals surface area contributed by atoms with Crippen molar-refractivity contribution < 1.29 is 9.90 Å². The second kappa shape index (κ2) is 11.5. The van der Waals surface area contributed by atoms with Gasteiger partial charge in [0.1, 0.15) is 5.75 Å². The molecule has 0 aliphatic heterocycles. The van der Waals surface area contributed by atoms with E-state index in [0.29, 0.717) is 6.54 Å². The Hall–Kier alpha value is -2.05. The number of phenolic OH excluding ortho intramolecular Hbond substituents is 1. The van der Waals surface area contributed by atoms with E-state index in [1.165, 1.54) is 5.56 Å². The fourth-order valence-corrected chi connectivity index (χ4v) is 3.12. The van der Waals surface area contributed by atoms with Gasteiger partial charge >= 0.3 is 6.03 Å². The Labute approximate surface area is 160 Å². The minimum Gasteiger partial charge on any atom is -0.508 e. The highest BCUT2D eigenvalue weighted by Crippen LogP contribution is 2.15. The first-order chi connectivity index (χ1) is 12.4. The van der Waals surface area contributed by atoms with Gasteiger partial charge in [-0.25, -0.2) is 4.79 Å². The molecule has 26 heavy (non-hydrogen) atoms. The van der Waals surface area contributed by atoms with Gasteiger partial charge in [0.2, 0.25) is 0 Å². The zero-order chi connectivity index (χ0) is 19.4. The van der Waals surface area contributed by atoms with Crippen LogP contribution >= 0.6 is 11.3 Å². The van der Waals surface area contributed by atoms with Crippen molar-refractivity contribution in [3.63, 3.8) is 0 Å². The van der Waals surface area contributed by atoms with E-state index >= 15 is 0 Å². The summed E-state index contributed by atoms with van der Waals surface area (Å²) < 4.78 is 0. The molecule has 0 radical (unpaired) electrons. The largest absolute Gasteiger partial charge is 0.508 e. The summed E-state index contributed by atoms with van der Waals surface area (Å²) in [5.41, 5.74) is 2.12. The molecule has 0 atom stereocenters. The minimum absolute atomic E-state index is 0.129. The molecular formula is C20H31N3O2S. The number of nitrogens with one attached hydrogen (secondary N) is 3. The zero-order valence-corrected chi connectivity index (χ0v) is 17.0. The summed E-state index contributed by atoms with van der Waals surface area (Å²) in [6.07, 6.45) is 2.55. The van der Waals surface area contributed by atoms with Crippen LogP contribution in [0.1, 0.15) is 31.4 Å². The Morgan fingerprint density at radius 2 is 1.77 bits per heavy atom. The quantitative estimate of drug-likeness (QED) is 0.558. The van der Waals surface area contributed by atoms with Crippen molar-refractivity contribution in [3.8, 4) is 5.75 Å². The van der Waals surface area contributed by atoms with Crippen LogP contribution in [0.3, 0.4) is 0 Å². The lowest BCUT2D eigenvalue weighted by Crippen LogP contribution is -2.49. The molecule has 5 nitrogen and oxygen atoms in total. The van der Waals surface area contributed by atoms with E-state index in [-0.39, 0.29) is 17.3 Å². The van der Waals surface area contributed by atoms with Gasteiger partial charge in [-0.3, -0.25) is 0 Å². The molecule has 1 aromatic heterocycles. The number of hydrogen-bond donors (Lipinski definition) is 4. The van der Waals surface area contributed by atoms with Crippen LogP contribution < -0.4 is 16.0 Å². The van der Waals surface area contributed by atoms with Crippen molar-refractivity contribution in [2.45, 2.75) is 38.6 Å². The summed E-state index contributed by atoms with van der Waals surface area (Å²) >= 11 is 1.67. The molecule has 0 aliphatic carbocycles. The van der Waals surface area contributed by atoms with Gasteiger partial charge in [0, 0.05) is 12.1 Å². The summed E-state index contributed by atoms with van der Waals surface area (Å²) in [5.74, 6) is 0.277. The molecular weight excluding hydrogens is 346 g/mol. The van der Waals surface area contributed by atoms with E-state index < -0.39 is 0 Å². The molecule has 0 saturated heterocycles. The van der Waals surface area contributed by atoms with Gasteiger partial charge in [-0.1, -0.05) is 12.1 Å². The first-order valence-corrected chi connectivity index (χ1v) is 9.74. The number of urea groups is 1. The van der Waals surface area contributed by atoms with Crippen LogP contribution in [-0.4, -0.2) is 37.3 Å². The second-order valence-electron chi connectivity index (χ2n) is 6.84. The van der Waals surface area contributed by atoms with Crippen molar-refractivity contribution in [2.75, 3.05) is 20.6 Å². The smallest absolute Gasteiger partial charge is 0.315 e. The topological polar surface area (TPSA) is 73.4 Å². The molecule has 0 unspecified atom stereocenters. The molecule has 6 heteroatoms. The van der Waals surface area contributed by atoms with Crippen LogP contribution in [0.5, 0.6) is 5.75 Å². The predicted octanol–water partition coefficient (Wildman–Crippen LogP) is 3.54. The van der Waals surface area contributed by atoms with Crippen molar-refractivity contribution in [1.29, 1.82) is 0 Å². The SMILES string of the molecule is CC(C)(Cc1ccsc1)NC(=O)NCCCc1ccc(O)cc1.CNC. The lowest BCUT2D eigenvalue weighted by Gasteiger charge is -2.26. The third kappa shape index (κ3) is 9.44. The fraction of sp³-hybridized carbons (Fsp3) is 0.450. The van der Waals surface area contributed by atoms with E-state index in [2.05, 4.69) is 32.8 Å². The first-order valence-electron chi connectivity index (χ1n) is 8.80. The molecule has 0 bridgehead atoms. The Bertz CT molecular complexity index is 625. The zero-order valence-electron chi connectivity index (χ0n) is 16.1. The number of carbonyl (C=O) groups excluding carboxylic acids is 1. The number of benzene rings is 1. The second-order valence-corrected chi connectivity index (χ2v) is 7.62. The lowest BCUT2D eigenvalue weighted by molar-refractivity contribution is 0.229. The number of phenols is 1. The predicted molar refractivity (Wildman–Crippen MR) is 110 cm³/mol. The molecule has 0 fully saturated rings. The Kier molecular flexibility index (Phi) is 9.76. The van der Waals surface area contributed by atoms with Crippen LogP contribution in [0.25, 0.3) is 0 Å². The maximum Gasteiger partial charge on any atom is 0.315 e. The van der Waals surface area contributed by atoms with Crippen LogP contribution in [0.2, 0.25) is 0 Å². The minimum atomic E-state index is -0.276. The van der Waals surface area contributed by atoms with Gasteiger partial charge in [-0.15, -0.1) is 0 Å². The molecule has 1 heterocycles. The summed E-state index contributed by atoms with van der Waals surface area (Å²) in [7, 11) is 3.75. The van der Waals surface area contributed by atoms with Crippen LogP contribution in [0, 0.1) is 0 Å². The number of aromatic hydroxyl groups is 1. The van der Waals surface area contributed by atoms with E-state index in [1.807, 2.05) is 40.1 Å². The highest BCUT2D eigenvalue weighted by atomic mass is 32.1. The number of carbonyl (C=O) groups is 1. The molecule has 0 spiro atoms. The molecule has 1 aromatic carbocycles. The van der Waals surface area contributed by atoms with Gasteiger partial charge < -0.3 is 21.1 Å². The Morgan fingerprint density at radius 1 is 1.12 bits per heavy atom. The molecule has 0 aliphatic rings. The number of amides is 2. The number of hydrogen-bond acceptors (Lipinski definition) is 4. The highest BCUT2D eigenvalue weighted by Gasteiger charge is 2.20. The number of thiophene rings is 1. The summed E-state index contributed by atoms with van der Waals surface area (Å²) in [6.45, 7) is 4.68. The maximum atomic E-state index is 12.0. The maximum absolute atomic E-state index is 12.0. The van der Waals surface area contributed by atoms with Gasteiger partial charge in [0.25, 0.3) is 0 Å². The number of rotatable bonds is 7. The lowest BCUT2D eigenvalue weighted by atomic mass is 9.97. The molecule has 2 amide bonds. The van der Waals surface area contributed by atoms with Crippen molar-refractivity contribution in [1.82, 2.24) is 16.0 Å². The third-order valence-electron chi connectivity index (χ3n) is 3.54. The third-order valence-corrected chi connectivity index (χ3v) is 4.27. The first kappa shape index (κ1) is 22.0. The van der Waals surface area contributed by atoms with Crippen molar-refractivity contribution in [2.24, 2.45) is 0 Å². The molecule has 144 valence electrons. The van der Waals surface area contributed by atoms with E-state index in [1.54, 1.807) is 23.5 Å². The van der Waals surface area contributed by atoms with E-state index in [9.17, 15) is 9.90 Å². The fourth-order valence-electron chi connectivity index (χ4n) is 2.46. The molecule has 0 saturated carbocycles. The molecule has 4 N–H and O–H groups in total. The molecule has 2 rings (SSSR count). The van der Waals surface area contributed by atoms with E-state index in [4.69, 9.17) is 0 Å². The van der Waals surface area contributed by atoms with E-state index in [0.717, 1.165) is 24.8 Å². The van der Waals surface area contributed by atoms with Crippen molar-refractivity contribution in [3.05, 3.63) is 52.2 Å². The Balaban J connectivity index is 0.00000105. The Morgan fingerprint density at radius 3 is 2.35 bits per heavy atom. The monoisotopic (exact) mass is 377 g/mol.